The van der Waals surface area contributed by atoms with Gasteiger partial charge in [-0.3, -0.25) is 9.79 Å². The fourth-order valence-corrected chi connectivity index (χ4v) is 1.84. The highest BCUT2D eigenvalue weighted by atomic mass is 16.4. The Bertz CT molecular complexity index is 423. The van der Waals surface area contributed by atoms with Crippen LogP contribution in [0.5, 0.6) is 0 Å². The van der Waals surface area contributed by atoms with Crippen molar-refractivity contribution in [2.45, 2.75) is 13.3 Å². The molecule has 1 aliphatic heterocycles. The first-order valence-corrected chi connectivity index (χ1v) is 5.26. The van der Waals surface area contributed by atoms with Crippen molar-refractivity contribution in [2.75, 3.05) is 18.0 Å². The van der Waals surface area contributed by atoms with Gasteiger partial charge < -0.3 is 10.0 Å². The molecular formula is C12H14N2O2. The summed E-state index contributed by atoms with van der Waals surface area (Å²) in [4.78, 5) is 17.0. The van der Waals surface area contributed by atoms with E-state index in [0.29, 0.717) is 0 Å². The molecule has 1 N–H and O–H groups in total. The van der Waals surface area contributed by atoms with Gasteiger partial charge in [-0.2, -0.15) is 0 Å². The Balaban J connectivity index is 2.13. The van der Waals surface area contributed by atoms with E-state index in [0.717, 1.165) is 30.2 Å². The van der Waals surface area contributed by atoms with Gasteiger partial charge in [-0.15, -0.1) is 0 Å². The van der Waals surface area contributed by atoms with E-state index >= 15 is 0 Å². The minimum absolute atomic E-state index is 0.0767. The summed E-state index contributed by atoms with van der Waals surface area (Å²) >= 11 is 0. The van der Waals surface area contributed by atoms with Crippen LogP contribution in [0, 0.1) is 0 Å². The molecule has 1 heterocycles. The summed E-state index contributed by atoms with van der Waals surface area (Å²) in [5.41, 5.74) is 1.90. The monoisotopic (exact) mass is 218 g/mol. The second-order valence-electron chi connectivity index (χ2n) is 3.82. The Kier molecular flexibility index (Phi) is 2.90. The zero-order valence-electron chi connectivity index (χ0n) is 9.18. The van der Waals surface area contributed by atoms with E-state index in [2.05, 4.69) is 9.89 Å². The van der Waals surface area contributed by atoms with Crippen molar-refractivity contribution in [1.29, 1.82) is 0 Å². The van der Waals surface area contributed by atoms with Gasteiger partial charge in [-0.25, -0.2) is 0 Å². The first-order valence-electron chi connectivity index (χ1n) is 5.26. The van der Waals surface area contributed by atoms with Gasteiger partial charge in [0.05, 0.1) is 13.0 Å². The van der Waals surface area contributed by atoms with E-state index in [1.54, 1.807) is 0 Å². The van der Waals surface area contributed by atoms with Crippen molar-refractivity contribution in [1.82, 2.24) is 0 Å². The normalized spacial score (nSPS) is 15.1. The Morgan fingerprint density at radius 2 is 2.12 bits per heavy atom. The third-order valence-electron chi connectivity index (χ3n) is 2.66. The minimum atomic E-state index is -0.799. The fourth-order valence-electron chi connectivity index (χ4n) is 1.84. The molecule has 0 bridgehead atoms. The van der Waals surface area contributed by atoms with E-state index in [-0.39, 0.29) is 6.42 Å². The number of carbonyl (C=O) groups is 1. The van der Waals surface area contributed by atoms with Crippen LogP contribution >= 0.6 is 0 Å². The molecule has 0 radical (unpaired) electrons. The maximum absolute atomic E-state index is 10.5. The van der Waals surface area contributed by atoms with Crippen LogP contribution in [0.25, 0.3) is 0 Å². The fraction of sp³-hybridized carbons (Fsp3) is 0.333. The van der Waals surface area contributed by atoms with E-state index in [1.807, 2.05) is 31.2 Å². The maximum atomic E-state index is 10.5. The van der Waals surface area contributed by atoms with Gasteiger partial charge in [0, 0.05) is 12.2 Å². The molecule has 0 atom stereocenters. The summed E-state index contributed by atoms with van der Waals surface area (Å²) in [5.74, 6) is 0.220. The van der Waals surface area contributed by atoms with Crippen LogP contribution in [-0.4, -0.2) is 30.0 Å². The van der Waals surface area contributed by atoms with Crippen LogP contribution in [0.15, 0.2) is 29.3 Å². The van der Waals surface area contributed by atoms with Gasteiger partial charge >= 0.3 is 5.97 Å². The summed E-state index contributed by atoms with van der Waals surface area (Å²) in [6.45, 7) is 3.73. The van der Waals surface area contributed by atoms with Crippen LogP contribution in [0.3, 0.4) is 0 Å². The molecule has 1 aliphatic rings. The first-order chi connectivity index (χ1) is 7.66. The molecule has 1 aromatic carbocycles. The van der Waals surface area contributed by atoms with Gasteiger partial charge in [0.1, 0.15) is 5.84 Å². The zero-order valence-corrected chi connectivity index (χ0v) is 9.18. The lowest BCUT2D eigenvalue weighted by molar-refractivity contribution is -0.136. The van der Waals surface area contributed by atoms with Crippen LogP contribution in [0.4, 0.5) is 5.69 Å². The summed E-state index contributed by atoms with van der Waals surface area (Å²) in [5, 5.41) is 8.66. The molecule has 0 aromatic heterocycles. The topological polar surface area (TPSA) is 52.9 Å². The van der Waals surface area contributed by atoms with Crippen LogP contribution < -0.4 is 4.90 Å². The Morgan fingerprint density at radius 3 is 2.62 bits per heavy atom. The third-order valence-corrected chi connectivity index (χ3v) is 2.66. The minimum Gasteiger partial charge on any atom is -0.481 e. The zero-order chi connectivity index (χ0) is 11.5. The number of anilines is 1. The average molecular weight is 218 g/mol. The van der Waals surface area contributed by atoms with Crippen molar-refractivity contribution in [3.05, 3.63) is 29.8 Å². The summed E-state index contributed by atoms with van der Waals surface area (Å²) in [6.07, 6.45) is 0.0767. The molecule has 0 spiro atoms. The highest BCUT2D eigenvalue weighted by Gasteiger charge is 2.14. The lowest BCUT2D eigenvalue weighted by Crippen LogP contribution is -2.24. The van der Waals surface area contributed by atoms with Gasteiger partial charge in [0.25, 0.3) is 0 Å². The lowest BCUT2D eigenvalue weighted by atomic mass is 10.1. The number of aliphatic carboxylic acids is 1. The second-order valence-corrected chi connectivity index (χ2v) is 3.82. The highest BCUT2D eigenvalue weighted by molar-refractivity contribution is 5.97. The van der Waals surface area contributed by atoms with Gasteiger partial charge in [-0.05, 0) is 24.6 Å². The van der Waals surface area contributed by atoms with E-state index in [9.17, 15) is 4.79 Å². The highest BCUT2D eigenvalue weighted by Crippen LogP contribution is 2.18. The number of aliphatic imine (C=N–C) groups is 1. The molecule has 0 amide bonds. The predicted molar refractivity (Wildman–Crippen MR) is 63.1 cm³/mol. The molecule has 0 saturated heterocycles. The molecule has 4 nitrogen and oxygen atoms in total. The molecule has 0 fully saturated rings. The number of rotatable bonds is 3. The molecular weight excluding hydrogens is 204 g/mol. The van der Waals surface area contributed by atoms with Crippen LogP contribution in [0.2, 0.25) is 0 Å². The standard InChI is InChI=1S/C12H14N2O2/c1-9-13-6-7-14(9)11-4-2-10(3-5-11)8-12(15)16/h2-5H,6-8H2,1H3,(H,15,16). The lowest BCUT2D eigenvalue weighted by Gasteiger charge is -2.18. The maximum Gasteiger partial charge on any atom is 0.307 e. The number of amidine groups is 1. The van der Waals surface area contributed by atoms with Gasteiger partial charge in [0.15, 0.2) is 0 Å². The number of nitrogens with zero attached hydrogens (tertiary/aromatic N) is 2. The Morgan fingerprint density at radius 1 is 1.44 bits per heavy atom. The van der Waals surface area contributed by atoms with Crippen LogP contribution in [-0.2, 0) is 11.2 Å². The molecule has 2 rings (SSSR count). The molecule has 0 unspecified atom stereocenters. The Labute approximate surface area is 94.2 Å². The van der Waals surface area contributed by atoms with Crippen molar-refractivity contribution in [3.63, 3.8) is 0 Å². The summed E-state index contributed by atoms with van der Waals surface area (Å²) in [6, 6.07) is 7.61. The molecule has 84 valence electrons. The average Bonchev–Trinajstić information content (AvgIpc) is 2.65. The van der Waals surface area contributed by atoms with Crippen molar-refractivity contribution >= 4 is 17.5 Å². The molecule has 4 heteroatoms. The first kappa shape index (κ1) is 10.7. The summed E-state index contributed by atoms with van der Waals surface area (Å²) < 4.78 is 0. The molecule has 0 saturated carbocycles. The SMILES string of the molecule is CC1=NCCN1c1ccc(CC(=O)O)cc1. The van der Waals surface area contributed by atoms with Gasteiger partial charge in [-0.1, -0.05) is 12.1 Å². The summed E-state index contributed by atoms with van der Waals surface area (Å²) in [7, 11) is 0. The molecule has 0 aliphatic carbocycles. The van der Waals surface area contributed by atoms with Crippen LogP contribution in [0.1, 0.15) is 12.5 Å². The number of carboxylic acids is 1. The smallest absolute Gasteiger partial charge is 0.307 e. The number of hydrogen-bond acceptors (Lipinski definition) is 3. The van der Waals surface area contributed by atoms with Crippen molar-refractivity contribution in [2.24, 2.45) is 4.99 Å². The number of carboxylic acid groups (broad SMARTS) is 1. The molecule has 1 aromatic rings. The van der Waals surface area contributed by atoms with Gasteiger partial charge in [0.2, 0.25) is 0 Å². The third kappa shape index (κ3) is 2.21. The van der Waals surface area contributed by atoms with E-state index in [4.69, 9.17) is 5.11 Å². The van der Waals surface area contributed by atoms with E-state index in [1.165, 1.54) is 0 Å². The van der Waals surface area contributed by atoms with Crippen molar-refractivity contribution in [3.8, 4) is 0 Å². The quantitative estimate of drug-likeness (QED) is 0.837. The number of benzene rings is 1. The Hall–Kier alpha value is -1.84. The predicted octanol–water partition coefficient (Wildman–Crippen LogP) is 1.55. The molecule has 16 heavy (non-hydrogen) atoms. The largest absolute Gasteiger partial charge is 0.481 e. The van der Waals surface area contributed by atoms with E-state index < -0.39 is 5.97 Å². The second kappa shape index (κ2) is 4.35. The van der Waals surface area contributed by atoms with Crippen molar-refractivity contribution < 1.29 is 9.90 Å². The number of hydrogen-bond donors (Lipinski definition) is 1.